The SMILES string of the molecule is CC(C)(C#N)CCCCNc1ccccc1. The number of hydrogen-bond donors (Lipinski definition) is 1. The molecule has 0 atom stereocenters. The van der Waals surface area contributed by atoms with E-state index in [4.69, 9.17) is 5.26 Å². The van der Waals surface area contributed by atoms with Crippen LogP contribution in [0, 0.1) is 16.7 Å². The molecule has 0 saturated carbocycles. The van der Waals surface area contributed by atoms with Crippen LogP contribution in [0.5, 0.6) is 0 Å². The molecule has 0 aromatic heterocycles. The smallest absolute Gasteiger partial charge is 0.0683 e. The van der Waals surface area contributed by atoms with Gasteiger partial charge < -0.3 is 5.32 Å². The van der Waals surface area contributed by atoms with Gasteiger partial charge >= 0.3 is 0 Å². The van der Waals surface area contributed by atoms with Crippen LogP contribution in [0.15, 0.2) is 30.3 Å². The first-order valence-electron chi connectivity index (χ1n) is 5.84. The molecule has 0 spiro atoms. The van der Waals surface area contributed by atoms with Crippen molar-refractivity contribution >= 4 is 5.69 Å². The van der Waals surface area contributed by atoms with E-state index in [2.05, 4.69) is 23.5 Å². The quantitative estimate of drug-likeness (QED) is 0.734. The highest BCUT2D eigenvalue weighted by molar-refractivity contribution is 5.42. The number of nitrogens with zero attached hydrogens (tertiary/aromatic N) is 1. The molecule has 1 aromatic rings. The average molecular weight is 216 g/mol. The average Bonchev–Trinajstić information content (AvgIpc) is 2.30. The zero-order valence-electron chi connectivity index (χ0n) is 10.2. The van der Waals surface area contributed by atoms with Gasteiger partial charge in [0.2, 0.25) is 0 Å². The van der Waals surface area contributed by atoms with Gasteiger partial charge in [0.1, 0.15) is 0 Å². The third-order valence-electron chi connectivity index (χ3n) is 2.63. The Kier molecular flexibility index (Phi) is 4.85. The molecule has 2 heteroatoms. The Morgan fingerprint density at radius 1 is 1.19 bits per heavy atom. The van der Waals surface area contributed by atoms with Crippen LogP contribution in [-0.4, -0.2) is 6.54 Å². The molecule has 0 heterocycles. The Morgan fingerprint density at radius 3 is 2.50 bits per heavy atom. The normalized spacial score (nSPS) is 10.8. The summed E-state index contributed by atoms with van der Waals surface area (Å²) < 4.78 is 0. The van der Waals surface area contributed by atoms with Crippen molar-refractivity contribution in [2.45, 2.75) is 33.1 Å². The number of benzene rings is 1. The summed E-state index contributed by atoms with van der Waals surface area (Å²) in [5.74, 6) is 0. The van der Waals surface area contributed by atoms with Crippen molar-refractivity contribution in [2.75, 3.05) is 11.9 Å². The number of hydrogen-bond acceptors (Lipinski definition) is 2. The highest BCUT2D eigenvalue weighted by Gasteiger charge is 2.15. The summed E-state index contributed by atoms with van der Waals surface area (Å²) in [6.07, 6.45) is 3.18. The molecular formula is C14H20N2. The minimum absolute atomic E-state index is 0.174. The van der Waals surface area contributed by atoms with Crippen molar-refractivity contribution in [2.24, 2.45) is 5.41 Å². The Labute approximate surface area is 98.3 Å². The second-order valence-corrected chi connectivity index (χ2v) is 4.75. The van der Waals surface area contributed by atoms with Crippen molar-refractivity contribution in [3.63, 3.8) is 0 Å². The number of nitrogens with one attached hydrogen (secondary N) is 1. The molecule has 0 fully saturated rings. The van der Waals surface area contributed by atoms with Crippen molar-refractivity contribution < 1.29 is 0 Å². The summed E-state index contributed by atoms with van der Waals surface area (Å²) >= 11 is 0. The van der Waals surface area contributed by atoms with Crippen LogP contribution in [0.2, 0.25) is 0 Å². The minimum atomic E-state index is -0.174. The molecule has 86 valence electrons. The van der Waals surface area contributed by atoms with E-state index in [9.17, 15) is 0 Å². The lowest BCUT2D eigenvalue weighted by Crippen LogP contribution is -2.09. The second kappa shape index (κ2) is 6.17. The molecule has 0 bridgehead atoms. The zero-order valence-corrected chi connectivity index (χ0v) is 10.2. The molecule has 16 heavy (non-hydrogen) atoms. The summed E-state index contributed by atoms with van der Waals surface area (Å²) in [5.41, 5.74) is 0.995. The first kappa shape index (κ1) is 12.6. The highest BCUT2D eigenvalue weighted by Crippen LogP contribution is 2.21. The first-order valence-corrected chi connectivity index (χ1v) is 5.84. The van der Waals surface area contributed by atoms with Gasteiger partial charge in [-0.1, -0.05) is 24.6 Å². The van der Waals surface area contributed by atoms with E-state index < -0.39 is 0 Å². The molecule has 0 aliphatic rings. The number of rotatable bonds is 6. The number of para-hydroxylation sites is 1. The third-order valence-corrected chi connectivity index (χ3v) is 2.63. The van der Waals surface area contributed by atoms with E-state index in [0.717, 1.165) is 25.8 Å². The van der Waals surface area contributed by atoms with Gasteiger partial charge in [-0.15, -0.1) is 0 Å². The maximum Gasteiger partial charge on any atom is 0.0683 e. The largest absolute Gasteiger partial charge is 0.385 e. The van der Waals surface area contributed by atoms with Gasteiger partial charge in [0.15, 0.2) is 0 Å². The Bertz CT molecular complexity index is 336. The van der Waals surface area contributed by atoms with Gasteiger partial charge in [-0.2, -0.15) is 5.26 Å². The van der Waals surface area contributed by atoms with Crippen molar-refractivity contribution in [3.05, 3.63) is 30.3 Å². The van der Waals surface area contributed by atoms with E-state index in [1.165, 1.54) is 5.69 Å². The number of anilines is 1. The molecule has 0 aliphatic heterocycles. The maximum atomic E-state index is 8.86. The van der Waals surface area contributed by atoms with Crippen LogP contribution >= 0.6 is 0 Å². The van der Waals surface area contributed by atoms with E-state index in [0.29, 0.717) is 0 Å². The highest BCUT2D eigenvalue weighted by atomic mass is 14.9. The van der Waals surface area contributed by atoms with Crippen molar-refractivity contribution in [3.8, 4) is 6.07 Å². The monoisotopic (exact) mass is 216 g/mol. The maximum absolute atomic E-state index is 8.86. The number of unbranched alkanes of at least 4 members (excludes halogenated alkanes) is 1. The fourth-order valence-corrected chi connectivity index (χ4v) is 1.54. The molecule has 0 unspecified atom stereocenters. The van der Waals surface area contributed by atoms with Gasteiger partial charge in [0.25, 0.3) is 0 Å². The van der Waals surface area contributed by atoms with Crippen molar-refractivity contribution in [1.29, 1.82) is 5.26 Å². The van der Waals surface area contributed by atoms with Gasteiger partial charge in [-0.05, 0) is 38.8 Å². The lowest BCUT2D eigenvalue weighted by molar-refractivity contribution is 0.430. The molecule has 0 saturated heterocycles. The molecule has 1 N–H and O–H groups in total. The van der Waals surface area contributed by atoms with Gasteiger partial charge in [-0.25, -0.2) is 0 Å². The Morgan fingerprint density at radius 2 is 1.88 bits per heavy atom. The molecule has 2 nitrogen and oxygen atoms in total. The van der Waals surface area contributed by atoms with Crippen LogP contribution in [0.25, 0.3) is 0 Å². The summed E-state index contributed by atoms with van der Waals surface area (Å²) in [4.78, 5) is 0. The summed E-state index contributed by atoms with van der Waals surface area (Å²) in [7, 11) is 0. The predicted molar refractivity (Wildman–Crippen MR) is 68.2 cm³/mol. The third kappa shape index (κ3) is 4.84. The van der Waals surface area contributed by atoms with Crippen LogP contribution in [0.1, 0.15) is 33.1 Å². The first-order chi connectivity index (χ1) is 7.64. The van der Waals surface area contributed by atoms with Crippen LogP contribution < -0.4 is 5.32 Å². The summed E-state index contributed by atoms with van der Waals surface area (Å²) in [5, 5.41) is 12.2. The van der Waals surface area contributed by atoms with Crippen molar-refractivity contribution in [1.82, 2.24) is 0 Å². The second-order valence-electron chi connectivity index (χ2n) is 4.75. The summed E-state index contributed by atoms with van der Waals surface area (Å²) in [6.45, 7) is 4.97. The predicted octanol–water partition coefficient (Wildman–Crippen LogP) is 3.82. The lowest BCUT2D eigenvalue weighted by Gasteiger charge is -2.14. The Balaban J connectivity index is 2.12. The number of nitriles is 1. The molecule has 0 radical (unpaired) electrons. The van der Waals surface area contributed by atoms with Gasteiger partial charge in [0, 0.05) is 12.2 Å². The van der Waals surface area contributed by atoms with Gasteiger partial charge in [-0.3, -0.25) is 0 Å². The Hall–Kier alpha value is -1.49. The minimum Gasteiger partial charge on any atom is -0.385 e. The lowest BCUT2D eigenvalue weighted by atomic mass is 9.89. The van der Waals surface area contributed by atoms with E-state index in [-0.39, 0.29) is 5.41 Å². The van der Waals surface area contributed by atoms with E-state index in [1.807, 2.05) is 32.0 Å². The van der Waals surface area contributed by atoms with Crippen LogP contribution in [0.3, 0.4) is 0 Å². The standard InChI is InChI=1S/C14H20N2/c1-14(2,12-15)10-6-7-11-16-13-8-4-3-5-9-13/h3-5,8-9,16H,6-7,10-11H2,1-2H3. The summed E-state index contributed by atoms with van der Waals surface area (Å²) in [6, 6.07) is 12.5. The van der Waals surface area contributed by atoms with Crippen LogP contribution in [-0.2, 0) is 0 Å². The molecular weight excluding hydrogens is 196 g/mol. The molecule has 1 rings (SSSR count). The molecule has 0 aliphatic carbocycles. The fourth-order valence-electron chi connectivity index (χ4n) is 1.54. The zero-order chi connectivity index (χ0) is 11.9. The van der Waals surface area contributed by atoms with E-state index in [1.54, 1.807) is 0 Å². The topological polar surface area (TPSA) is 35.8 Å². The molecule has 0 amide bonds. The van der Waals surface area contributed by atoms with Gasteiger partial charge in [0.05, 0.1) is 11.5 Å². The van der Waals surface area contributed by atoms with Crippen LogP contribution in [0.4, 0.5) is 5.69 Å². The fraction of sp³-hybridized carbons (Fsp3) is 0.500. The molecule has 1 aromatic carbocycles. The van der Waals surface area contributed by atoms with E-state index >= 15 is 0 Å².